The van der Waals surface area contributed by atoms with Crippen molar-refractivity contribution in [2.24, 2.45) is 5.41 Å². The van der Waals surface area contributed by atoms with Gasteiger partial charge in [0.2, 0.25) is 0 Å². The van der Waals surface area contributed by atoms with Gasteiger partial charge in [-0.25, -0.2) is 4.98 Å². The molecule has 5 nitrogen and oxygen atoms in total. The van der Waals surface area contributed by atoms with Crippen molar-refractivity contribution in [2.75, 3.05) is 4.90 Å². The molecule has 1 aliphatic rings. The van der Waals surface area contributed by atoms with Crippen molar-refractivity contribution in [1.82, 2.24) is 14.1 Å². The Kier molecular flexibility index (Phi) is 7.84. The summed E-state index contributed by atoms with van der Waals surface area (Å²) in [7, 11) is 0. The van der Waals surface area contributed by atoms with Gasteiger partial charge in [0, 0.05) is 60.9 Å². The number of nitrogens with zero attached hydrogens (tertiary/aromatic N) is 4. The van der Waals surface area contributed by atoms with E-state index < -0.39 is 25.5 Å². The zero-order valence-corrected chi connectivity index (χ0v) is 37.6. The number of rotatable bonds is 5. The number of anilines is 2. The van der Waals surface area contributed by atoms with Gasteiger partial charge in [0.05, 0.1) is 0 Å². The second-order valence-electron chi connectivity index (χ2n) is 17.2. The van der Waals surface area contributed by atoms with E-state index in [1.165, 1.54) is 0 Å². The molecule has 0 unspecified atom stereocenters. The summed E-state index contributed by atoms with van der Waals surface area (Å²) in [5.74, 6) is 0.554. The van der Waals surface area contributed by atoms with Gasteiger partial charge in [-0.15, -0.1) is 35.2 Å². The Bertz CT molecular complexity index is 3880. The van der Waals surface area contributed by atoms with Gasteiger partial charge in [0.1, 0.15) is 5.82 Å². The number of aromatic nitrogens is 3. The summed E-state index contributed by atoms with van der Waals surface area (Å²) in [4.78, 5) is 6.72. The standard InChI is InChI=1S/C57H47N4O.Pt/c1-35-18-23-44-42-13-8-9-14-43(42)46-16-11-17-51-56(46)60(55-38(4)12-10-15-47(55)48(44)28-35)34-59(51)40-21-20-37(3)53(31-40)62-41-22-24-45-49-29-36(2)19-25-50(49)61(52(45)32-41)54-30-39(26-27-58-54)33-57(5,6)7;/h8-30,34H,33H2,1-7H3;/q-3;/i2D3,3D3,33D2;. The summed E-state index contributed by atoms with van der Waals surface area (Å²) >= 11 is 0. The molecule has 0 fully saturated rings. The fourth-order valence-electron chi connectivity index (χ4n) is 9.13. The molecule has 63 heavy (non-hydrogen) atoms. The number of benzene rings is 7. The van der Waals surface area contributed by atoms with Crippen LogP contribution in [0.4, 0.5) is 11.4 Å². The molecule has 3 aromatic heterocycles. The molecule has 0 bridgehead atoms. The minimum atomic E-state index is -2.58. The molecular formula is C57H47N4OPt-3. The van der Waals surface area contributed by atoms with Gasteiger partial charge < -0.3 is 18.8 Å². The number of ether oxygens (including phenoxy) is 1. The zero-order valence-electron chi connectivity index (χ0n) is 43.4. The predicted molar refractivity (Wildman–Crippen MR) is 259 cm³/mol. The average Bonchev–Trinajstić information content (AvgIpc) is 3.87. The third-order valence-corrected chi connectivity index (χ3v) is 11.7. The molecule has 7 aromatic carbocycles. The summed E-state index contributed by atoms with van der Waals surface area (Å²) in [5, 5.41) is 7.83. The quantitative estimate of drug-likeness (QED) is 0.161. The number of fused-ring (bicyclic) bond motifs is 10. The molecule has 4 heterocycles. The molecule has 10 aromatic rings. The maximum absolute atomic E-state index is 9.06. The van der Waals surface area contributed by atoms with Crippen LogP contribution in [0, 0.1) is 51.8 Å². The Morgan fingerprint density at radius 3 is 2.21 bits per heavy atom. The fraction of sp³-hybridized carbons (Fsp3) is 0.158. The van der Waals surface area contributed by atoms with Gasteiger partial charge in [-0.2, -0.15) is 12.1 Å². The first-order valence-electron chi connectivity index (χ1n) is 24.8. The number of hydrogen-bond acceptors (Lipinski definition) is 3. The third-order valence-electron chi connectivity index (χ3n) is 11.7. The summed E-state index contributed by atoms with van der Waals surface area (Å²) in [5.41, 5.74) is 6.51. The topological polar surface area (TPSA) is 35.2 Å². The van der Waals surface area contributed by atoms with Crippen LogP contribution in [0.1, 0.15) is 59.6 Å². The Morgan fingerprint density at radius 2 is 1.40 bits per heavy atom. The molecule has 0 aliphatic carbocycles. The second kappa shape index (κ2) is 15.4. The first kappa shape index (κ1) is 32.2. The van der Waals surface area contributed by atoms with Crippen molar-refractivity contribution < 1.29 is 36.8 Å². The van der Waals surface area contributed by atoms with Gasteiger partial charge in [-0.1, -0.05) is 146 Å². The molecule has 0 radical (unpaired) electrons. The summed E-state index contributed by atoms with van der Waals surface area (Å²) in [6.07, 6.45) is -0.171. The van der Waals surface area contributed by atoms with Crippen molar-refractivity contribution in [3.63, 3.8) is 0 Å². The number of aryl methyl sites for hydroxylation is 4. The molecule has 0 saturated carbocycles. The van der Waals surface area contributed by atoms with Gasteiger partial charge in [0.25, 0.3) is 0 Å². The molecule has 1 aliphatic heterocycles. The SMILES string of the molecule is [2H]C([2H])([2H])c1ccc2c(c1)c1ccc(Oc3[c-]c(N4[CH-]n5c6c(C)cccc6c6cc(C)ccc6c6ccccc6c6cccc4c65)ccc3C([2H])([2H])[2H])[c-]c1n2-c1cc(C([2H])([2H])C(C)(C)C)ccn1.[Pt]. The number of pyridine rings is 1. The largest absolute Gasteiger partial charge is 0.509 e. The first-order chi connectivity index (χ1) is 33.2. The van der Waals surface area contributed by atoms with Crippen LogP contribution < -0.4 is 9.64 Å². The van der Waals surface area contributed by atoms with E-state index in [1.807, 2.05) is 43.0 Å². The van der Waals surface area contributed by atoms with Crippen LogP contribution in [-0.4, -0.2) is 14.1 Å². The van der Waals surface area contributed by atoms with Crippen LogP contribution in [0.2, 0.25) is 0 Å². The average molecular weight is 1010 g/mol. The van der Waals surface area contributed by atoms with E-state index in [4.69, 9.17) is 20.7 Å². The molecule has 11 rings (SSSR count). The van der Waals surface area contributed by atoms with Gasteiger partial charge >= 0.3 is 0 Å². The van der Waals surface area contributed by atoms with Gasteiger partial charge in [0.15, 0.2) is 0 Å². The van der Waals surface area contributed by atoms with Crippen molar-refractivity contribution in [2.45, 2.75) is 54.7 Å². The molecule has 314 valence electrons. The fourth-order valence-corrected chi connectivity index (χ4v) is 9.13. The molecular weight excluding hydrogens is 952 g/mol. The van der Waals surface area contributed by atoms with E-state index in [0.29, 0.717) is 38.9 Å². The molecule has 0 atom stereocenters. The minimum Gasteiger partial charge on any atom is -0.509 e. The van der Waals surface area contributed by atoms with Crippen molar-refractivity contribution in [1.29, 1.82) is 0 Å². The Labute approximate surface area is 394 Å². The number of hydrogen-bond donors (Lipinski definition) is 0. The van der Waals surface area contributed by atoms with E-state index in [1.54, 1.807) is 60.8 Å². The molecule has 0 amide bonds. The van der Waals surface area contributed by atoms with E-state index in [9.17, 15) is 0 Å². The monoisotopic (exact) mass is 1010 g/mol. The third kappa shape index (κ3) is 6.91. The molecule has 0 spiro atoms. The number of para-hydroxylation sites is 2. The normalized spacial score (nSPS) is 14.9. The molecule has 0 N–H and O–H groups in total. The van der Waals surface area contributed by atoms with E-state index in [2.05, 4.69) is 103 Å². The summed E-state index contributed by atoms with van der Waals surface area (Å²) < 4.78 is 79.3. The van der Waals surface area contributed by atoms with E-state index in [0.717, 1.165) is 60.2 Å². The van der Waals surface area contributed by atoms with E-state index >= 15 is 0 Å². The molecule has 0 saturated heterocycles. The van der Waals surface area contributed by atoms with E-state index in [-0.39, 0.29) is 43.7 Å². The van der Waals surface area contributed by atoms with Crippen LogP contribution >= 0.6 is 0 Å². The van der Waals surface area contributed by atoms with Crippen LogP contribution in [0.25, 0.3) is 71.0 Å². The maximum atomic E-state index is 9.06. The Balaban J connectivity index is 0.00000582. The smallest absolute Gasteiger partial charge is 0.135 e. The predicted octanol–water partition coefficient (Wildman–Crippen LogP) is 15.0. The first-order valence-corrected chi connectivity index (χ1v) is 20.8. The second-order valence-corrected chi connectivity index (χ2v) is 17.2. The Hall–Kier alpha value is -6.55. The summed E-state index contributed by atoms with van der Waals surface area (Å²) in [6, 6.07) is 49.6. The minimum absolute atomic E-state index is 0. The van der Waals surface area contributed by atoms with Crippen LogP contribution in [0.5, 0.6) is 11.5 Å². The van der Waals surface area contributed by atoms with Crippen molar-refractivity contribution in [3.8, 4) is 17.3 Å². The van der Waals surface area contributed by atoms with Gasteiger partial charge in [-0.3, -0.25) is 0 Å². The van der Waals surface area contributed by atoms with Crippen LogP contribution in [0.15, 0.2) is 140 Å². The summed E-state index contributed by atoms with van der Waals surface area (Å²) in [6.45, 7) is 6.84. The maximum Gasteiger partial charge on any atom is 0.135 e. The van der Waals surface area contributed by atoms with Gasteiger partial charge in [-0.05, 0) is 112 Å². The zero-order chi connectivity index (χ0) is 49.2. The molecule has 6 heteroatoms. The van der Waals surface area contributed by atoms with Crippen LogP contribution in [0.3, 0.4) is 0 Å². The van der Waals surface area contributed by atoms with Crippen molar-refractivity contribution in [3.05, 3.63) is 186 Å². The van der Waals surface area contributed by atoms with Crippen LogP contribution in [-0.2, 0) is 27.4 Å². The van der Waals surface area contributed by atoms with Crippen molar-refractivity contribution >= 4 is 76.5 Å². The Morgan fingerprint density at radius 1 is 0.667 bits per heavy atom.